The van der Waals surface area contributed by atoms with Crippen LogP contribution in [0.2, 0.25) is 0 Å². The molecule has 0 amide bonds. The zero-order valence-electron chi connectivity index (χ0n) is 16.3. The molecule has 0 radical (unpaired) electrons. The molecule has 4 heteroatoms. The van der Waals surface area contributed by atoms with E-state index in [4.69, 9.17) is 14.3 Å². The van der Waals surface area contributed by atoms with Crippen LogP contribution < -0.4 is 0 Å². The van der Waals surface area contributed by atoms with Crippen molar-refractivity contribution in [2.24, 2.45) is 0 Å². The first-order chi connectivity index (χ1) is 11.7. The largest absolute Gasteiger partial charge is 0.328 e. The van der Waals surface area contributed by atoms with Gasteiger partial charge in [-0.1, -0.05) is 110 Å². The van der Waals surface area contributed by atoms with E-state index in [9.17, 15) is 0 Å². The average molecular weight is 363 g/mol. The van der Waals surface area contributed by atoms with E-state index < -0.39 is 8.60 Å². The smallest absolute Gasteiger partial charge is 0.327 e. The van der Waals surface area contributed by atoms with Gasteiger partial charge in [0.25, 0.3) is 0 Å². The summed E-state index contributed by atoms with van der Waals surface area (Å²) >= 11 is 0. The van der Waals surface area contributed by atoms with Gasteiger partial charge in [-0.05, 0) is 12.8 Å². The number of hydrogen-bond donors (Lipinski definition) is 2. The molecule has 0 aliphatic heterocycles. The maximum Gasteiger partial charge on any atom is 0.327 e. The SMILES string of the molecule is CCCCCCCCCCCCC(CCCCCCC)OP(O)O. The Labute approximate surface area is 152 Å². The molecule has 0 rings (SSSR count). The van der Waals surface area contributed by atoms with Gasteiger partial charge in [-0.2, -0.15) is 0 Å². The lowest BCUT2D eigenvalue weighted by Gasteiger charge is -2.17. The molecule has 24 heavy (non-hydrogen) atoms. The van der Waals surface area contributed by atoms with E-state index in [-0.39, 0.29) is 6.10 Å². The van der Waals surface area contributed by atoms with Crippen molar-refractivity contribution in [1.29, 1.82) is 0 Å². The van der Waals surface area contributed by atoms with Crippen LogP contribution in [0.5, 0.6) is 0 Å². The predicted molar refractivity (Wildman–Crippen MR) is 106 cm³/mol. The summed E-state index contributed by atoms with van der Waals surface area (Å²) in [7, 11) is -2.21. The molecule has 0 aromatic carbocycles. The Morgan fingerprint density at radius 2 is 0.917 bits per heavy atom. The third-order valence-electron chi connectivity index (χ3n) is 4.75. The Balaban J connectivity index is 3.53. The Bertz CT molecular complexity index is 237. The molecule has 0 aromatic rings. The van der Waals surface area contributed by atoms with Crippen molar-refractivity contribution in [3.8, 4) is 0 Å². The van der Waals surface area contributed by atoms with Crippen LogP contribution in [-0.4, -0.2) is 15.9 Å². The third kappa shape index (κ3) is 18.6. The van der Waals surface area contributed by atoms with Crippen LogP contribution in [0.4, 0.5) is 0 Å². The maximum atomic E-state index is 9.12. The fourth-order valence-electron chi connectivity index (χ4n) is 3.22. The van der Waals surface area contributed by atoms with E-state index in [0.717, 1.165) is 25.7 Å². The highest BCUT2D eigenvalue weighted by molar-refractivity contribution is 7.39. The molecule has 0 fully saturated rings. The Kier molecular flexibility index (Phi) is 19.9. The van der Waals surface area contributed by atoms with Gasteiger partial charge in [0.1, 0.15) is 0 Å². The highest BCUT2D eigenvalue weighted by Gasteiger charge is 2.13. The van der Waals surface area contributed by atoms with Gasteiger partial charge < -0.3 is 14.3 Å². The molecule has 0 aromatic heterocycles. The van der Waals surface area contributed by atoms with Gasteiger partial charge in [0.2, 0.25) is 0 Å². The maximum absolute atomic E-state index is 9.12. The van der Waals surface area contributed by atoms with Crippen molar-refractivity contribution in [3.05, 3.63) is 0 Å². The standard InChI is InChI=1S/C20H43O3P/c1-3-5-7-9-10-11-12-13-15-17-19-20(23-24(21)22)18-16-14-8-6-4-2/h20-22H,3-19H2,1-2H3. The molecule has 0 bridgehead atoms. The molecule has 1 atom stereocenters. The third-order valence-corrected chi connectivity index (χ3v) is 5.24. The minimum absolute atomic E-state index is 0.0433. The quantitative estimate of drug-likeness (QED) is 0.188. The highest BCUT2D eigenvalue weighted by atomic mass is 31.2. The molecular formula is C20H43O3P. The van der Waals surface area contributed by atoms with Crippen molar-refractivity contribution >= 4 is 8.60 Å². The minimum atomic E-state index is -2.21. The second-order valence-electron chi connectivity index (χ2n) is 7.15. The first kappa shape index (κ1) is 24.3. The second kappa shape index (κ2) is 19.6. The number of rotatable bonds is 19. The fraction of sp³-hybridized carbons (Fsp3) is 1.00. The van der Waals surface area contributed by atoms with Crippen LogP contribution in [0.15, 0.2) is 0 Å². The summed E-state index contributed by atoms with van der Waals surface area (Å²) in [5.74, 6) is 0. The van der Waals surface area contributed by atoms with Crippen LogP contribution in [0.3, 0.4) is 0 Å². The van der Waals surface area contributed by atoms with E-state index in [1.807, 2.05) is 0 Å². The van der Waals surface area contributed by atoms with E-state index in [1.54, 1.807) is 0 Å². The lowest BCUT2D eigenvalue weighted by atomic mass is 10.0. The molecule has 1 unspecified atom stereocenters. The van der Waals surface area contributed by atoms with Gasteiger partial charge in [-0.3, -0.25) is 0 Å². The van der Waals surface area contributed by atoms with E-state index >= 15 is 0 Å². The lowest BCUT2D eigenvalue weighted by Crippen LogP contribution is -2.10. The molecule has 0 saturated heterocycles. The van der Waals surface area contributed by atoms with E-state index in [1.165, 1.54) is 83.5 Å². The Morgan fingerprint density at radius 3 is 1.25 bits per heavy atom. The molecule has 2 N–H and O–H groups in total. The van der Waals surface area contributed by atoms with Crippen molar-refractivity contribution in [2.75, 3.05) is 0 Å². The number of unbranched alkanes of at least 4 members (excludes halogenated alkanes) is 13. The summed E-state index contributed by atoms with van der Waals surface area (Å²) in [4.78, 5) is 18.2. The average Bonchev–Trinajstić information content (AvgIpc) is 2.55. The zero-order chi connectivity index (χ0) is 17.9. The summed E-state index contributed by atoms with van der Waals surface area (Å²) in [6.45, 7) is 4.49. The molecule has 0 heterocycles. The second-order valence-corrected chi connectivity index (χ2v) is 7.87. The Hall–Kier alpha value is 0.310. The van der Waals surface area contributed by atoms with Gasteiger partial charge in [0, 0.05) is 0 Å². The molecule has 0 spiro atoms. The predicted octanol–water partition coefficient (Wildman–Crippen LogP) is 7.25. The summed E-state index contributed by atoms with van der Waals surface area (Å²) < 4.78 is 5.32. The van der Waals surface area contributed by atoms with Gasteiger partial charge in [-0.25, -0.2) is 0 Å². The first-order valence-corrected chi connectivity index (χ1v) is 11.7. The van der Waals surface area contributed by atoms with Crippen LogP contribution in [0, 0.1) is 0 Å². The van der Waals surface area contributed by atoms with Crippen LogP contribution in [0.25, 0.3) is 0 Å². The van der Waals surface area contributed by atoms with Crippen LogP contribution in [0.1, 0.15) is 123 Å². The van der Waals surface area contributed by atoms with Crippen molar-refractivity contribution in [2.45, 2.75) is 129 Å². The summed E-state index contributed by atoms with van der Waals surface area (Å²) in [5, 5.41) is 0. The molecule has 0 aliphatic rings. The van der Waals surface area contributed by atoms with Gasteiger partial charge >= 0.3 is 8.60 Å². The normalized spacial score (nSPS) is 12.9. The fourth-order valence-corrected chi connectivity index (χ4v) is 3.70. The van der Waals surface area contributed by atoms with E-state index in [2.05, 4.69) is 13.8 Å². The van der Waals surface area contributed by atoms with E-state index in [0.29, 0.717) is 0 Å². The van der Waals surface area contributed by atoms with Crippen LogP contribution >= 0.6 is 8.60 Å². The molecule has 0 aliphatic carbocycles. The highest BCUT2D eigenvalue weighted by Crippen LogP contribution is 2.31. The monoisotopic (exact) mass is 362 g/mol. The van der Waals surface area contributed by atoms with Crippen molar-refractivity contribution in [3.63, 3.8) is 0 Å². The van der Waals surface area contributed by atoms with Crippen molar-refractivity contribution < 1.29 is 14.3 Å². The number of hydrogen-bond acceptors (Lipinski definition) is 3. The van der Waals surface area contributed by atoms with Gasteiger partial charge in [0.05, 0.1) is 6.10 Å². The molecule has 3 nitrogen and oxygen atoms in total. The van der Waals surface area contributed by atoms with Gasteiger partial charge in [-0.15, -0.1) is 0 Å². The lowest BCUT2D eigenvalue weighted by molar-refractivity contribution is 0.147. The van der Waals surface area contributed by atoms with Crippen molar-refractivity contribution in [1.82, 2.24) is 0 Å². The topological polar surface area (TPSA) is 49.7 Å². The molecular weight excluding hydrogens is 319 g/mol. The first-order valence-electron chi connectivity index (χ1n) is 10.5. The molecule has 0 saturated carbocycles. The Morgan fingerprint density at radius 1 is 0.583 bits per heavy atom. The minimum Gasteiger partial charge on any atom is -0.328 e. The zero-order valence-corrected chi connectivity index (χ0v) is 17.2. The van der Waals surface area contributed by atoms with Gasteiger partial charge in [0.15, 0.2) is 0 Å². The summed E-state index contributed by atoms with van der Waals surface area (Å²) in [5.41, 5.74) is 0. The molecule has 146 valence electrons. The summed E-state index contributed by atoms with van der Waals surface area (Å²) in [6, 6.07) is 0. The van der Waals surface area contributed by atoms with Crippen LogP contribution in [-0.2, 0) is 4.52 Å². The summed E-state index contributed by atoms with van der Waals surface area (Å²) in [6.07, 6.45) is 21.6.